The molecule has 0 aliphatic heterocycles. The molecule has 0 atom stereocenters. The highest BCUT2D eigenvalue weighted by Crippen LogP contribution is 2.21. The van der Waals surface area contributed by atoms with Crippen molar-refractivity contribution < 1.29 is 14.3 Å². The number of nitrogens with one attached hydrogen (secondary N) is 2. The first-order chi connectivity index (χ1) is 17.9. The number of rotatable bonds is 10. The number of nitrogens with two attached hydrogens (primary N) is 1. The molecule has 4 N–H and O–H groups in total. The number of pyridine rings is 1. The number of carbonyl (C=O) groups is 2. The van der Waals surface area contributed by atoms with E-state index in [0.717, 1.165) is 11.3 Å². The van der Waals surface area contributed by atoms with Gasteiger partial charge in [0.1, 0.15) is 29.0 Å². The molecule has 0 fully saturated rings. The van der Waals surface area contributed by atoms with Crippen molar-refractivity contribution >= 4 is 52.8 Å². The minimum atomic E-state index is -0.380. The van der Waals surface area contributed by atoms with Crippen molar-refractivity contribution in [1.29, 1.82) is 5.41 Å². The number of amides is 1. The minimum Gasteiger partial charge on any atom is -0.466 e. The summed E-state index contributed by atoms with van der Waals surface area (Å²) in [5, 5.41) is 10.6. The Balaban J connectivity index is 0.00000400. The lowest BCUT2D eigenvalue weighted by Gasteiger charge is -2.21. The van der Waals surface area contributed by atoms with Gasteiger partial charge in [-0.05, 0) is 37.3 Å². The molecule has 3 heterocycles. The summed E-state index contributed by atoms with van der Waals surface area (Å²) in [6, 6.07) is 10.6. The van der Waals surface area contributed by atoms with Crippen LogP contribution in [0.4, 0.5) is 11.6 Å². The fraction of sp³-hybridized carbons (Fsp3) is 0.240. The molecule has 13 heteroatoms. The van der Waals surface area contributed by atoms with Gasteiger partial charge in [0, 0.05) is 25.4 Å². The summed E-state index contributed by atoms with van der Waals surface area (Å²) in [5.74, 6) is 0.855. The number of hydrogen-bond donors (Lipinski definition) is 3. The molecule has 0 aliphatic rings. The van der Waals surface area contributed by atoms with E-state index in [0.29, 0.717) is 35.0 Å². The molecule has 1 amide bonds. The van der Waals surface area contributed by atoms with Crippen molar-refractivity contribution in [3.63, 3.8) is 0 Å². The number of nitrogen functional groups attached to an aromatic ring is 1. The number of esters is 1. The second-order valence-electron chi connectivity index (χ2n) is 8.04. The Morgan fingerprint density at radius 2 is 1.97 bits per heavy atom. The Hall–Kier alpha value is -4.58. The maximum atomic E-state index is 13.5. The lowest BCUT2D eigenvalue weighted by Crippen LogP contribution is -2.34. The van der Waals surface area contributed by atoms with E-state index in [-0.39, 0.29) is 49.7 Å². The first-order valence-electron chi connectivity index (χ1n) is 11.6. The Bertz CT molecular complexity index is 1430. The second-order valence-corrected chi connectivity index (χ2v) is 8.04. The van der Waals surface area contributed by atoms with E-state index in [1.54, 1.807) is 43.5 Å². The molecule has 198 valence electrons. The number of aryl methyl sites for hydroxylation is 1. The van der Waals surface area contributed by atoms with Crippen LogP contribution in [0.2, 0.25) is 0 Å². The highest BCUT2D eigenvalue weighted by atomic mass is 35.5. The molecular weight excluding hydrogens is 510 g/mol. The van der Waals surface area contributed by atoms with Gasteiger partial charge in [-0.2, -0.15) is 0 Å². The van der Waals surface area contributed by atoms with Crippen LogP contribution >= 0.6 is 12.4 Å². The number of halogens is 1. The van der Waals surface area contributed by atoms with Gasteiger partial charge in [0.05, 0.1) is 43.0 Å². The number of amidine groups is 1. The summed E-state index contributed by atoms with van der Waals surface area (Å²) >= 11 is 0. The topological polar surface area (TPSA) is 165 Å². The molecule has 0 radical (unpaired) electrons. The van der Waals surface area contributed by atoms with Crippen LogP contribution in [0, 0.1) is 5.41 Å². The molecule has 4 rings (SSSR count). The average Bonchev–Trinajstić information content (AvgIpc) is 3.23. The number of nitrogens with zero attached hydrogens (tertiary/aromatic N) is 6. The van der Waals surface area contributed by atoms with Crippen LogP contribution < -0.4 is 16.0 Å². The standard InChI is InChI=1S/C25H27N9O3.ClH/c1-3-37-23(35)9-11-34(21-6-4-5-10-28-21)25(36)16-7-8-19-17(12-16)32-22(33(19)2)15-31-20-14-29-18(13-30-20)24(26)27;/h4-8,10,12-14H,3,9,11,15H2,1-2H3,(H3,26,27)(H,30,31);1H. The number of hydrogen-bond acceptors (Lipinski definition) is 9. The van der Waals surface area contributed by atoms with E-state index in [9.17, 15) is 9.59 Å². The lowest BCUT2D eigenvalue weighted by atomic mass is 10.1. The monoisotopic (exact) mass is 537 g/mol. The van der Waals surface area contributed by atoms with E-state index in [2.05, 4.69) is 25.3 Å². The fourth-order valence-corrected chi connectivity index (χ4v) is 3.69. The first-order valence-corrected chi connectivity index (χ1v) is 11.6. The van der Waals surface area contributed by atoms with Crippen molar-refractivity contribution in [2.75, 3.05) is 23.4 Å². The normalized spacial score (nSPS) is 10.5. The second kappa shape index (κ2) is 12.6. The molecule has 0 bridgehead atoms. The number of imidazole rings is 1. The number of fused-ring (bicyclic) bond motifs is 1. The SMILES string of the molecule is CCOC(=O)CCN(C(=O)c1ccc2c(c1)nc(CNc1cnc(C(=N)N)cn1)n2C)c1ccccn1.Cl. The van der Waals surface area contributed by atoms with Crippen LogP contribution in [0.3, 0.4) is 0 Å². The molecule has 12 nitrogen and oxygen atoms in total. The van der Waals surface area contributed by atoms with Crippen LogP contribution in [0.15, 0.2) is 55.0 Å². The lowest BCUT2D eigenvalue weighted by molar-refractivity contribution is -0.142. The van der Waals surface area contributed by atoms with Crippen molar-refractivity contribution in [1.82, 2.24) is 24.5 Å². The van der Waals surface area contributed by atoms with Crippen LogP contribution in [-0.4, -0.2) is 55.4 Å². The smallest absolute Gasteiger partial charge is 0.307 e. The molecule has 4 aromatic rings. The Labute approximate surface area is 225 Å². The summed E-state index contributed by atoms with van der Waals surface area (Å²) in [4.78, 5) is 44.2. The van der Waals surface area contributed by atoms with Gasteiger partial charge in [-0.15, -0.1) is 12.4 Å². The molecule has 1 aromatic carbocycles. The molecule has 38 heavy (non-hydrogen) atoms. The maximum absolute atomic E-state index is 13.5. The van der Waals surface area contributed by atoms with Gasteiger partial charge in [0.2, 0.25) is 0 Å². The molecule has 0 unspecified atom stereocenters. The molecule has 0 saturated heterocycles. The van der Waals surface area contributed by atoms with Crippen LogP contribution in [0.5, 0.6) is 0 Å². The van der Waals surface area contributed by atoms with Crippen LogP contribution in [0.25, 0.3) is 11.0 Å². The fourth-order valence-electron chi connectivity index (χ4n) is 3.69. The molecular formula is C25H28ClN9O3. The van der Waals surface area contributed by atoms with Gasteiger partial charge in [-0.25, -0.2) is 19.9 Å². The van der Waals surface area contributed by atoms with E-state index in [4.69, 9.17) is 15.9 Å². The van der Waals surface area contributed by atoms with Gasteiger partial charge in [-0.3, -0.25) is 19.9 Å². The minimum absolute atomic E-state index is 0. The maximum Gasteiger partial charge on any atom is 0.307 e. The van der Waals surface area contributed by atoms with E-state index >= 15 is 0 Å². The molecule has 0 saturated carbocycles. The zero-order chi connectivity index (χ0) is 26.4. The highest BCUT2D eigenvalue weighted by molar-refractivity contribution is 6.07. The summed E-state index contributed by atoms with van der Waals surface area (Å²) in [6.45, 7) is 2.51. The summed E-state index contributed by atoms with van der Waals surface area (Å²) in [6.07, 6.45) is 4.57. The molecule has 0 spiro atoms. The summed E-state index contributed by atoms with van der Waals surface area (Å²) in [7, 11) is 1.89. The predicted octanol–water partition coefficient (Wildman–Crippen LogP) is 2.68. The Kier molecular flexibility index (Phi) is 9.28. The van der Waals surface area contributed by atoms with Gasteiger partial charge >= 0.3 is 5.97 Å². The zero-order valence-corrected chi connectivity index (χ0v) is 21.7. The number of benzene rings is 1. The van der Waals surface area contributed by atoms with Crippen molar-refractivity contribution in [3.8, 4) is 0 Å². The van der Waals surface area contributed by atoms with Crippen molar-refractivity contribution in [3.05, 3.63) is 72.1 Å². The first kappa shape index (κ1) is 28.0. The van der Waals surface area contributed by atoms with Gasteiger partial charge < -0.3 is 20.4 Å². The van der Waals surface area contributed by atoms with E-state index in [1.807, 2.05) is 17.7 Å². The number of ether oxygens (including phenoxy) is 1. The van der Waals surface area contributed by atoms with Crippen molar-refractivity contribution in [2.45, 2.75) is 19.9 Å². The zero-order valence-electron chi connectivity index (χ0n) is 20.9. The number of anilines is 2. The summed E-state index contributed by atoms with van der Waals surface area (Å²) < 4.78 is 6.94. The molecule has 3 aromatic heterocycles. The van der Waals surface area contributed by atoms with Gasteiger partial charge in [0.15, 0.2) is 0 Å². The van der Waals surface area contributed by atoms with Crippen molar-refractivity contribution in [2.24, 2.45) is 12.8 Å². The third-order valence-electron chi connectivity index (χ3n) is 5.59. The summed E-state index contributed by atoms with van der Waals surface area (Å²) in [5.41, 5.74) is 7.63. The number of carbonyl (C=O) groups excluding carboxylic acids is 2. The van der Waals surface area contributed by atoms with Gasteiger partial charge in [-0.1, -0.05) is 6.07 Å². The Morgan fingerprint density at radius 3 is 2.63 bits per heavy atom. The number of aromatic nitrogens is 5. The average molecular weight is 538 g/mol. The third-order valence-corrected chi connectivity index (χ3v) is 5.59. The predicted molar refractivity (Wildman–Crippen MR) is 146 cm³/mol. The Morgan fingerprint density at radius 1 is 1.16 bits per heavy atom. The van der Waals surface area contributed by atoms with E-state index in [1.165, 1.54) is 17.3 Å². The van der Waals surface area contributed by atoms with Gasteiger partial charge in [0.25, 0.3) is 5.91 Å². The largest absolute Gasteiger partial charge is 0.466 e. The molecule has 0 aliphatic carbocycles. The van der Waals surface area contributed by atoms with Crippen LogP contribution in [-0.2, 0) is 23.1 Å². The van der Waals surface area contributed by atoms with Crippen LogP contribution in [0.1, 0.15) is 35.2 Å². The quantitative estimate of drug-likeness (QED) is 0.156. The third kappa shape index (κ3) is 6.40. The highest BCUT2D eigenvalue weighted by Gasteiger charge is 2.21. The van der Waals surface area contributed by atoms with E-state index < -0.39 is 0 Å².